The van der Waals surface area contributed by atoms with Gasteiger partial charge < -0.3 is 4.74 Å². The molecule has 1 nitrogen and oxygen atoms in total. The van der Waals surface area contributed by atoms with E-state index in [-0.39, 0.29) is 9.52 Å². The molecule has 1 aliphatic heterocycles. The Hall–Kier alpha value is -0.603. The Morgan fingerprint density at radius 1 is 1.06 bits per heavy atom. The van der Waals surface area contributed by atoms with Crippen LogP contribution in [0, 0.1) is 6.92 Å². The van der Waals surface area contributed by atoms with Crippen molar-refractivity contribution in [2.45, 2.75) is 52.0 Å². The molecule has 1 aliphatic rings. The van der Waals surface area contributed by atoms with Crippen molar-refractivity contribution in [1.29, 1.82) is 0 Å². The first kappa shape index (κ1) is 13.8. The van der Waals surface area contributed by atoms with E-state index in [1.807, 2.05) is 0 Å². The molecule has 2 rings (SSSR count). The van der Waals surface area contributed by atoms with E-state index in [2.05, 4.69) is 46.8 Å². The zero-order chi connectivity index (χ0) is 13.3. The second-order valence-electron chi connectivity index (χ2n) is 6.29. The number of benzene rings is 1. The molecule has 0 N–H and O–H groups in total. The molecule has 0 unspecified atom stereocenters. The zero-order valence-corrected chi connectivity index (χ0v) is 13.8. The summed E-state index contributed by atoms with van der Waals surface area (Å²) in [6.45, 7) is 13.6. The molecule has 1 saturated heterocycles. The van der Waals surface area contributed by atoms with Gasteiger partial charge in [0.05, 0.1) is 9.52 Å². The molecule has 0 aliphatic carbocycles. The molecule has 2 heteroatoms. The lowest BCUT2D eigenvalue weighted by molar-refractivity contribution is 0.0374. The van der Waals surface area contributed by atoms with Crippen molar-refractivity contribution in [3.8, 4) is 0 Å². The fourth-order valence-corrected chi connectivity index (χ4v) is 5.39. The van der Waals surface area contributed by atoms with Crippen molar-refractivity contribution in [3.05, 3.63) is 28.8 Å². The molecule has 0 radical (unpaired) electrons. The third-order valence-electron chi connectivity index (χ3n) is 3.97. The molecule has 1 aromatic carbocycles. The third kappa shape index (κ3) is 2.70. The van der Waals surface area contributed by atoms with Crippen LogP contribution in [0.25, 0.3) is 0 Å². The maximum absolute atomic E-state index is 5.34. The highest BCUT2D eigenvalue weighted by Gasteiger charge is 2.23. The van der Waals surface area contributed by atoms with Crippen molar-refractivity contribution >= 4 is 14.7 Å². The first-order valence-corrected chi connectivity index (χ1v) is 8.73. The summed E-state index contributed by atoms with van der Waals surface area (Å²) < 4.78 is 5.34. The average Bonchev–Trinajstić information content (AvgIpc) is 2.23. The minimum atomic E-state index is -0.166. The lowest BCUT2D eigenvalue weighted by atomic mass is 9.87. The summed E-state index contributed by atoms with van der Waals surface area (Å²) in [5.74, 6) is 1.28. The Balaban J connectivity index is 2.41. The van der Waals surface area contributed by atoms with Crippen LogP contribution in [0.3, 0.4) is 0 Å². The maximum Gasteiger partial charge on any atom is 0.0636 e. The van der Waals surface area contributed by atoms with E-state index in [9.17, 15) is 0 Å². The van der Waals surface area contributed by atoms with Crippen molar-refractivity contribution in [2.24, 2.45) is 0 Å². The Labute approximate surface area is 114 Å². The summed E-state index contributed by atoms with van der Waals surface area (Å²) in [5, 5.41) is 1.69. The van der Waals surface area contributed by atoms with Crippen LogP contribution < -0.4 is 5.19 Å². The third-order valence-corrected chi connectivity index (χ3v) is 6.07. The van der Waals surface area contributed by atoms with Gasteiger partial charge >= 0.3 is 0 Å². The van der Waals surface area contributed by atoms with Crippen molar-refractivity contribution in [2.75, 3.05) is 13.2 Å². The van der Waals surface area contributed by atoms with Crippen LogP contribution in [0.1, 0.15) is 56.2 Å². The lowest BCUT2D eigenvalue weighted by Gasteiger charge is -2.29. The highest BCUT2D eigenvalue weighted by molar-refractivity contribution is 6.56. The molecule has 0 amide bonds. The lowest BCUT2D eigenvalue weighted by Crippen LogP contribution is -2.35. The summed E-state index contributed by atoms with van der Waals surface area (Å²) >= 11 is 0. The first-order valence-electron chi connectivity index (χ1n) is 7.20. The molecule has 0 aromatic heterocycles. The molecule has 0 bridgehead atoms. The van der Waals surface area contributed by atoms with Crippen molar-refractivity contribution in [1.82, 2.24) is 0 Å². The molecule has 1 heterocycles. The number of rotatable bonds is 4. The summed E-state index contributed by atoms with van der Waals surface area (Å²) in [4.78, 5) is 0. The van der Waals surface area contributed by atoms with Crippen LogP contribution in [-0.2, 0) is 4.74 Å². The van der Waals surface area contributed by atoms with Crippen LogP contribution in [-0.4, -0.2) is 22.7 Å². The molecule has 0 saturated carbocycles. The van der Waals surface area contributed by atoms with Crippen LogP contribution in [0.15, 0.2) is 12.1 Å². The Morgan fingerprint density at radius 3 is 2.11 bits per heavy atom. The van der Waals surface area contributed by atoms with E-state index < -0.39 is 0 Å². The predicted molar refractivity (Wildman–Crippen MR) is 82.1 cm³/mol. The van der Waals surface area contributed by atoms with Gasteiger partial charge in [0.2, 0.25) is 0 Å². The predicted octanol–water partition coefficient (Wildman–Crippen LogP) is 2.85. The van der Waals surface area contributed by atoms with E-state index in [4.69, 9.17) is 4.74 Å². The van der Waals surface area contributed by atoms with Gasteiger partial charge in [-0.2, -0.15) is 0 Å². The largest absolute Gasteiger partial charge is 0.381 e. The number of aryl methyl sites for hydroxylation is 1. The van der Waals surface area contributed by atoms with Gasteiger partial charge in [0.25, 0.3) is 0 Å². The van der Waals surface area contributed by atoms with Gasteiger partial charge in [-0.1, -0.05) is 45.0 Å². The minimum absolute atomic E-state index is 0.166. The zero-order valence-electron chi connectivity index (χ0n) is 12.4. The van der Waals surface area contributed by atoms with Gasteiger partial charge in [0.15, 0.2) is 0 Å². The van der Waals surface area contributed by atoms with Crippen LogP contribution >= 0.6 is 0 Å². The molecular formula is C16H26OSi. The normalized spacial score (nSPS) is 17.1. The van der Waals surface area contributed by atoms with E-state index in [0.29, 0.717) is 11.8 Å². The summed E-state index contributed by atoms with van der Waals surface area (Å²) in [6, 6.07) is 4.74. The first-order chi connectivity index (χ1) is 8.50. The topological polar surface area (TPSA) is 9.23 Å². The fourth-order valence-electron chi connectivity index (χ4n) is 3.13. The molecule has 18 heavy (non-hydrogen) atoms. The van der Waals surface area contributed by atoms with Crippen LogP contribution in [0.2, 0.25) is 5.54 Å². The molecule has 1 aromatic rings. The fraction of sp³-hybridized carbons (Fsp3) is 0.625. The second-order valence-corrected chi connectivity index (χ2v) is 8.61. The van der Waals surface area contributed by atoms with Gasteiger partial charge in [-0.05, 0) is 41.0 Å². The van der Waals surface area contributed by atoms with Crippen LogP contribution in [0.4, 0.5) is 0 Å². The summed E-state index contributed by atoms with van der Waals surface area (Å²) in [6.07, 6.45) is 0. The Morgan fingerprint density at radius 2 is 1.67 bits per heavy atom. The number of ether oxygens (including phenoxy) is 1. The smallest absolute Gasteiger partial charge is 0.0636 e. The van der Waals surface area contributed by atoms with E-state index in [1.165, 1.54) is 5.56 Å². The van der Waals surface area contributed by atoms with Crippen molar-refractivity contribution < 1.29 is 4.74 Å². The van der Waals surface area contributed by atoms with Gasteiger partial charge in [0.1, 0.15) is 0 Å². The highest BCUT2D eigenvalue weighted by atomic mass is 28.2. The van der Waals surface area contributed by atoms with Gasteiger partial charge in [-0.15, -0.1) is 0 Å². The molecule has 0 atom stereocenters. The van der Waals surface area contributed by atoms with Crippen LogP contribution in [0.5, 0.6) is 0 Å². The summed E-state index contributed by atoms with van der Waals surface area (Å²) in [7, 11) is -0.166. The SMILES string of the molecule is Cc1ccc([SiH2]C2COC2)c(C(C)C)c1C(C)C. The molecule has 1 fully saturated rings. The van der Waals surface area contributed by atoms with E-state index in [0.717, 1.165) is 18.8 Å². The standard InChI is InChI=1S/C16H26OSi/c1-10(2)15-12(5)6-7-14(16(15)11(3)4)18-13-8-17-9-13/h6-7,10-11,13H,8-9,18H2,1-5H3. The number of hydrogen-bond donors (Lipinski definition) is 0. The average molecular weight is 262 g/mol. The van der Waals surface area contributed by atoms with E-state index >= 15 is 0 Å². The molecule has 0 spiro atoms. The van der Waals surface area contributed by atoms with E-state index in [1.54, 1.807) is 16.3 Å². The van der Waals surface area contributed by atoms with Gasteiger partial charge in [-0.25, -0.2) is 0 Å². The van der Waals surface area contributed by atoms with Crippen molar-refractivity contribution in [3.63, 3.8) is 0 Å². The van der Waals surface area contributed by atoms with Gasteiger partial charge in [0, 0.05) is 13.2 Å². The Kier molecular flexibility index (Phi) is 4.28. The second kappa shape index (κ2) is 5.58. The molecule has 100 valence electrons. The number of hydrogen-bond acceptors (Lipinski definition) is 1. The quantitative estimate of drug-likeness (QED) is 0.758. The Bertz CT molecular complexity index is 419. The minimum Gasteiger partial charge on any atom is -0.381 e. The maximum atomic E-state index is 5.34. The highest BCUT2D eigenvalue weighted by Crippen LogP contribution is 2.28. The summed E-state index contributed by atoms with van der Waals surface area (Å²) in [5.41, 5.74) is 5.61. The monoisotopic (exact) mass is 262 g/mol. The molecular weight excluding hydrogens is 236 g/mol. The van der Waals surface area contributed by atoms with Gasteiger partial charge in [-0.3, -0.25) is 0 Å².